The Morgan fingerprint density at radius 2 is 0.897 bits per heavy atom. The summed E-state index contributed by atoms with van der Waals surface area (Å²) in [7, 11) is -2.16. The van der Waals surface area contributed by atoms with Crippen LogP contribution in [-0.2, 0) is 4.79 Å². The predicted octanol–water partition coefficient (Wildman–Crippen LogP) is 4.62. The molecule has 4 aromatic carbocycles. The second-order valence-electron chi connectivity index (χ2n) is 6.89. The Kier molecular flexibility index (Phi) is 5.84. The molecule has 3 heteroatoms. The Balaban J connectivity index is 1.85. The molecule has 0 aliphatic heterocycles. The van der Waals surface area contributed by atoms with Crippen molar-refractivity contribution < 1.29 is 4.79 Å². The summed E-state index contributed by atoms with van der Waals surface area (Å²) >= 11 is 0. The average Bonchev–Trinajstić information content (AvgIpc) is 2.80. The summed E-state index contributed by atoms with van der Waals surface area (Å²) in [5.41, 5.74) is 0.824. The molecular weight excluding hydrogens is 373 g/mol. The summed E-state index contributed by atoms with van der Waals surface area (Å²) in [6.07, 6.45) is 0.417. The van der Waals surface area contributed by atoms with Gasteiger partial charge in [0.05, 0.1) is 0 Å². The zero-order valence-corrected chi connectivity index (χ0v) is 17.0. The second-order valence-corrected chi connectivity index (χ2v) is 10.4. The summed E-state index contributed by atoms with van der Waals surface area (Å²) in [4.78, 5) is 13.3. The molecule has 29 heavy (non-hydrogen) atoms. The number of anilines is 1. The molecular formula is C26H23NOP+. The number of hydrogen-bond acceptors (Lipinski definition) is 1. The van der Waals surface area contributed by atoms with Gasteiger partial charge >= 0.3 is 0 Å². The number of nitrogens with one attached hydrogen (secondary N) is 1. The van der Waals surface area contributed by atoms with E-state index in [0.717, 1.165) is 5.69 Å². The highest BCUT2D eigenvalue weighted by Crippen LogP contribution is 2.55. The van der Waals surface area contributed by atoms with E-state index >= 15 is 0 Å². The second kappa shape index (κ2) is 8.86. The van der Waals surface area contributed by atoms with Gasteiger partial charge in [0.15, 0.2) is 6.16 Å². The molecule has 1 amide bonds. The van der Waals surface area contributed by atoms with Gasteiger partial charge in [-0.2, -0.15) is 0 Å². The molecule has 0 radical (unpaired) electrons. The van der Waals surface area contributed by atoms with Crippen LogP contribution in [-0.4, -0.2) is 12.1 Å². The minimum Gasteiger partial charge on any atom is -0.323 e. The van der Waals surface area contributed by atoms with E-state index in [1.165, 1.54) is 15.9 Å². The van der Waals surface area contributed by atoms with Gasteiger partial charge in [0.2, 0.25) is 0 Å². The lowest BCUT2D eigenvalue weighted by Gasteiger charge is -2.27. The van der Waals surface area contributed by atoms with Gasteiger partial charge in [0, 0.05) is 5.69 Å². The third kappa shape index (κ3) is 4.13. The van der Waals surface area contributed by atoms with Gasteiger partial charge in [0.1, 0.15) is 23.2 Å². The molecule has 0 saturated carbocycles. The minimum atomic E-state index is -2.16. The molecule has 2 nitrogen and oxygen atoms in total. The van der Waals surface area contributed by atoms with Crippen LogP contribution >= 0.6 is 7.26 Å². The van der Waals surface area contributed by atoms with Crippen molar-refractivity contribution >= 4 is 34.8 Å². The molecule has 0 saturated heterocycles. The molecule has 0 bridgehead atoms. The summed E-state index contributed by atoms with van der Waals surface area (Å²) in [6, 6.07) is 41.0. The molecule has 4 rings (SSSR count). The van der Waals surface area contributed by atoms with Crippen molar-refractivity contribution in [1.29, 1.82) is 0 Å². The first-order valence-electron chi connectivity index (χ1n) is 9.69. The quantitative estimate of drug-likeness (QED) is 0.474. The highest BCUT2D eigenvalue weighted by Gasteiger charge is 2.47. The van der Waals surface area contributed by atoms with E-state index in [9.17, 15) is 4.79 Å². The van der Waals surface area contributed by atoms with E-state index < -0.39 is 7.26 Å². The summed E-state index contributed by atoms with van der Waals surface area (Å²) in [5, 5.41) is 6.72. The van der Waals surface area contributed by atoms with Crippen LogP contribution in [0.4, 0.5) is 5.69 Å². The number of para-hydroxylation sites is 1. The maximum absolute atomic E-state index is 13.3. The zero-order valence-electron chi connectivity index (χ0n) is 16.1. The molecule has 0 aliphatic carbocycles. The van der Waals surface area contributed by atoms with Gasteiger partial charge in [-0.25, -0.2) is 0 Å². The Hall–Kier alpha value is -3.22. The number of rotatable bonds is 6. The van der Waals surface area contributed by atoms with E-state index in [2.05, 4.69) is 78.1 Å². The van der Waals surface area contributed by atoms with Crippen molar-refractivity contribution in [2.45, 2.75) is 0 Å². The van der Waals surface area contributed by atoms with Gasteiger partial charge in [-0.1, -0.05) is 72.8 Å². The van der Waals surface area contributed by atoms with Crippen LogP contribution in [0.2, 0.25) is 0 Å². The smallest absolute Gasteiger partial charge is 0.263 e. The van der Waals surface area contributed by atoms with Gasteiger partial charge in [-0.15, -0.1) is 0 Å². The number of carbonyl (C=O) groups is 1. The molecule has 1 N–H and O–H groups in total. The molecule has 0 aromatic heterocycles. The first-order valence-corrected chi connectivity index (χ1v) is 11.7. The topological polar surface area (TPSA) is 29.1 Å². The van der Waals surface area contributed by atoms with Gasteiger partial charge in [-0.05, 0) is 48.5 Å². The first kappa shape index (κ1) is 19.1. The molecule has 0 unspecified atom stereocenters. The zero-order chi connectivity index (χ0) is 19.9. The van der Waals surface area contributed by atoms with Crippen molar-refractivity contribution in [3.8, 4) is 0 Å². The average molecular weight is 396 g/mol. The van der Waals surface area contributed by atoms with E-state index in [0.29, 0.717) is 6.16 Å². The van der Waals surface area contributed by atoms with E-state index in [1.807, 2.05) is 48.5 Å². The van der Waals surface area contributed by atoms with Gasteiger partial charge < -0.3 is 5.32 Å². The normalized spacial score (nSPS) is 11.0. The number of hydrogen-bond donors (Lipinski definition) is 1. The highest BCUT2D eigenvalue weighted by molar-refractivity contribution is 7.96. The standard InChI is InChI=1S/C26H22NOP/c28-26(27-22-13-5-1-6-14-22)21-29(23-15-7-2-8-16-23,24-17-9-3-10-18-24)25-19-11-4-12-20-25/h1-20H,21H2/p+1. The van der Waals surface area contributed by atoms with E-state index in [-0.39, 0.29) is 5.91 Å². The van der Waals surface area contributed by atoms with Crippen molar-refractivity contribution in [2.75, 3.05) is 11.5 Å². The summed E-state index contributed by atoms with van der Waals surface area (Å²) < 4.78 is 0. The Bertz CT molecular complexity index is 954. The van der Waals surface area contributed by atoms with Crippen molar-refractivity contribution in [3.63, 3.8) is 0 Å². The molecule has 0 spiro atoms. The van der Waals surface area contributed by atoms with Crippen LogP contribution in [0.25, 0.3) is 0 Å². The Labute approximate surface area is 172 Å². The van der Waals surface area contributed by atoms with Crippen LogP contribution < -0.4 is 21.2 Å². The van der Waals surface area contributed by atoms with Crippen LogP contribution in [0.3, 0.4) is 0 Å². The maximum atomic E-state index is 13.3. The molecule has 4 aromatic rings. The van der Waals surface area contributed by atoms with Crippen LogP contribution in [0.1, 0.15) is 0 Å². The van der Waals surface area contributed by atoms with Crippen molar-refractivity contribution in [1.82, 2.24) is 0 Å². The molecule has 0 fully saturated rings. The molecule has 0 heterocycles. The van der Waals surface area contributed by atoms with Crippen LogP contribution in [0, 0.1) is 0 Å². The number of benzene rings is 4. The summed E-state index contributed by atoms with van der Waals surface area (Å²) in [5.74, 6) is 0.0288. The minimum absolute atomic E-state index is 0.0288. The fourth-order valence-corrected chi connectivity index (χ4v) is 7.70. The first-order chi connectivity index (χ1) is 14.3. The number of amides is 1. The monoisotopic (exact) mass is 396 g/mol. The third-order valence-electron chi connectivity index (χ3n) is 5.03. The van der Waals surface area contributed by atoms with Crippen LogP contribution in [0.5, 0.6) is 0 Å². The molecule has 0 atom stereocenters. The van der Waals surface area contributed by atoms with Crippen molar-refractivity contribution in [3.05, 3.63) is 121 Å². The van der Waals surface area contributed by atoms with Crippen LogP contribution in [0.15, 0.2) is 121 Å². The molecule has 142 valence electrons. The third-order valence-corrected chi connectivity index (χ3v) is 9.33. The lowest BCUT2D eigenvalue weighted by Crippen LogP contribution is -2.37. The van der Waals surface area contributed by atoms with E-state index in [4.69, 9.17) is 0 Å². The largest absolute Gasteiger partial charge is 0.323 e. The lowest BCUT2D eigenvalue weighted by molar-refractivity contribution is -0.113. The summed E-state index contributed by atoms with van der Waals surface area (Å²) in [6.45, 7) is 0. The Morgan fingerprint density at radius 3 is 1.28 bits per heavy atom. The van der Waals surface area contributed by atoms with Crippen molar-refractivity contribution in [2.24, 2.45) is 0 Å². The lowest BCUT2D eigenvalue weighted by atomic mass is 10.3. The fourth-order valence-electron chi connectivity index (χ4n) is 3.71. The van der Waals surface area contributed by atoms with Gasteiger partial charge in [0.25, 0.3) is 5.91 Å². The number of carbonyl (C=O) groups excluding carboxylic acids is 1. The Morgan fingerprint density at radius 1 is 0.552 bits per heavy atom. The highest BCUT2D eigenvalue weighted by atomic mass is 31.2. The SMILES string of the molecule is O=C(C[P+](c1ccccc1)(c1ccccc1)c1ccccc1)Nc1ccccc1. The van der Waals surface area contributed by atoms with Gasteiger partial charge in [-0.3, -0.25) is 4.79 Å². The molecule has 0 aliphatic rings. The fraction of sp³-hybridized carbons (Fsp3) is 0.0385. The maximum Gasteiger partial charge on any atom is 0.263 e. The predicted molar refractivity (Wildman–Crippen MR) is 125 cm³/mol. The van der Waals surface area contributed by atoms with E-state index in [1.54, 1.807) is 0 Å².